The van der Waals surface area contributed by atoms with Crippen molar-refractivity contribution < 1.29 is 4.74 Å². The lowest BCUT2D eigenvalue weighted by Crippen LogP contribution is -2.36. The highest BCUT2D eigenvalue weighted by atomic mass is 32.1. The Morgan fingerprint density at radius 2 is 2.50 bits per heavy atom. The van der Waals surface area contributed by atoms with Crippen LogP contribution in [0.1, 0.15) is 13.3 Å². The quantitative estimate of drug-likeness (QED) is 0.805. The van der Waals surface area contributed by atoms with Crippen molar-refractivity contribution >= 4 is 21.5 Å². The number of hydrogen-bond acceptors (Lipinski definition) is 5. The predicted molar refractivity (Wildman–Crippen MR) is 58.7 cm³/mol. The summed E-state index contributed by atoms with van der Waals surface area (Å²) in [6.07, 6.45) is 3.05. The van der Waals surface area contributed by atoms with Crippen LogP contribution in [0, 0.1) is 0 Å². The molecule has 0 saturated carbocycles. The van der Waals surface area contributed by atoms with Crippen molar-refractivity contribution in [2.45, 2.75) is 25.5 Å². The maximum Gasteiger partial charge on any atom is 0.187 e. The molecular formula is C9H15N3OS. The lowest BCUT2D eigenvalue weighted by Gasteiger charge is -2.25. The first kappa shape index (κ1) is 9.73. The zero-order valence-electron chi connectivity index (χ0n) is 8.43. The van der Waals surface area contributed by atoms with Gasteiger partial charge >= 0.3 is 0 Å². The Labute approximate surface area is 87.7 Å². The van der Waals surface area contributed by atoms with Gasteiger partial charge in [0.2, 0.25) is 0 Å². The highest BCUT2D eigenvalue weighted by molar-refractivity contribution is 7.19. The van der Waals surface area contributed by atoms with Crippen molar-refractivity contribution in [1.82, 2.24) is 4.98 Å². The number of thiazole rings is 1. The van der Waals surface area contributed by atoms with E-state index in [1.165, 1.54) is 11.3 Å². The topological polar surface area (TPSA) is 51.4 Å². The first-order valence-corrected chi connectivity index (χ1v) is 5.56. The molecule has 0 amide bonds. The molecule has 0 aromatic carbocycles. The lowest BCUT2D eigenvalue weighted by atomic mass is 10.1. The first-order valence-electron chi connectivity index (χ1n) is 4.74. The molecule has 2 rings (SSSR count). The van der Waals surface area contributed by atoms with Gasteiger partial charge in [-0.05, 0) is 13.3 Å². The second-order valence-corrected chi connectivity index (χ2v) is 4.63. The molecule has 0 aliphatic carbocycles. The van der Waals surface area contributed by atoms with E-state index >= 15 is 0 Å². The Bertz CT molecular complexity index is 315. The smallest absolute Gasteiger partial charge is 0.187 e. The Balaban J connectivity index is 2.11. The van der Waals surface area contributed by atoms with E-state index in [2.05, 4.69) is 16.8 Å². The van der Waals surface area contributed by atoms with Gasteiger partial charge in [-0.25, -0.2) is 4.98 Å². The van der Waals surface area contributed by atoms with Crippen molar-refractivity contribution in [3.8, 4) is 0 Å². The van der Waals surface area contributed by atoms with Gasteiger partial charge in [-0.3, -0.25) is 0 Å². The van der Waals surface area contributed by atoms with Gasteiger partial charge in [-0.1, -0.05) is 11.3 Å². The second kappa shape index (κ2) is 3.74. The molecular weight excluding hydrogens is 198 g/mol. The van der Waals surface area contributed by atoms with Crippen LogP contribution in [0.25, 0.3) is 0 Å². The fraction of sp³-hybridized carbons (Fsp3) is 0.667. The van der Waals surface area contributed by atoms with E-state index in [0.717, 1.165) is 23.2 Å². The normalized spacial score (nSPS) is 26.7. The average molecular weight is 213 g/mol. The molecule has 78 valence electrons. The number of likely N-dealkylation sites (N-methyl/N-ethyl adjacent to an activating group) is 1. The van der Waals surface area contributed by atoms with Gasteiger partial charge in [0.05, 0.1) is 18.3 Å². The Hall–Kier alpha value is -0.810. The fourth-order valence-corrected chi connectivity index (χ4v) is 2.51. The van der Waals surface area contributed by atoms with Crippen LogP contribution in [-0.4, -0.2) is 30.8 Å². The number of ether oxygens (including phenoxy) is 1. The van der Waals surface area contributed by atoms with Crippen LogP contribution in [0.2, 0.25) is 0 Å². The van der Waals surface area contributed by atoms with Gasteiger partial charge in [0.1, 0.15) is 5.00 Å². The minimum Gasteiger partial charge on any atom is -0.389 e. The molecule has 2 atom stereocenters. The van der Waals surface area contributed by atoms with Gasteiger partial charge < -0.3 is 15.4 Å². The van der Waals surface area contributed by atoms with Gasteiger partial charge in [-0.2, -0.15) is 0 Å². The van der Waals surface area contributed by atoms with Crippen LogP contribution in [0.3, 0.4) is 0 Å². The summed E-state index contributed by atoms with van der Waals surface area (Å²) in [6.45, 7) is 2.95. The van der Waals surface area contributed by atoms with E-state index in [4.69, 9.17) is 10.5 Å². The van der Waals surface area contributed by atoms with E-state index in [1.807, 2.05) is 7.05 Å². The third kappa shape index (κ3) is 1.69. The number of aromatic nitrogens is 1. The van der Waals surface area contributed by atoms with Crippen molar-refractivity contribution in [1.29, 1.82) is 0 Å². The largest absolute Gasteiger partial charge is 0.389 e. The molecule has 4 nitrogen and oxygen atoms in total. The van der Waals surface area contributed by atoms with E-state index in [9.17, 15) is 0 Å². The summed E-state index contributed by atoms with van der Waals surface area (Å²) in [5.41, 5.74) is 5.65. The average Bonchev–Trinajstić information content (AvgIpc) is 2.73. The fourth-order valence-electron chi connectivity index (χ4n) is 1.81. The summed E-state index contributed by atoms with van der Waals surface area (Å²) in [6, 6.07) is 0.431. The summed E-state index contributed by atoms with van der Waals surface area (Å²) in [4.78, 5) is 6.42. The molecule has 0 radical (unpaired) electrons. The molecule has 2 heterocycles. The molecule has 2 N–H and O–H groups in total. The van der Waals surface area contributed by atoms with Crippen molar-refractivity contribution in [2.24, 2.45) is 0 Å². The van der Waals surface area contributed by atoms with Crippen LogP contribution in [-0.2, 0) is 4.74 Å². The molecule has 0 spiro atoms. The van der Waals surface area contributed by atoms with Crippen LogP contribution >= 0.6 is 11.3 Å². The van der Waals surface area contributed by atoms with Crippen LogP contribution in [0.4, 0.5) is 10.1 Å². The highest BCUT2D eigenvalue weighted by Crippen LogP contribution is 2.28. The zero-order chi connectivity index (χ0) is 10.1. The number of nitrogens with two attached hydrogens (primary N) is 1. The number of nitrogen functional groups attached to an aromatic ring is 1. The van der Waals surface area contributed by atoms with Gasteiger partial charge in [0.15, 0.2) is 5.13 Å². The summed E-state index contributed by atoms with van der Waals surface area (Å²) in [5.74, 6) is 0. The molecule has 1 aliphatic heterocycles. The molecule has 1 saturated heterocycles. The monoisotopic (exact) mass is 213 g/mol. The number of rotatable bonds is 2. The second-order valence-electron chi connectivity index (χ2n) is 3.59. The molecule has 1 aliphatic rings. The van der Waals surface area contributed by atoms with E-state index in [-0.39, 0.29) is 6.10 Å². The standard InChI is InChI=1S/C9H15N3OS/c1-6-7(3-4-13-6)12(2)9-11-5-8(10)14-9/h5-7H,3-4,10H2,1-2H3. The van der Waals surface area contributed by atoms with Crippen molar-refractivity contribution in [3.63, 3.8) is 0 Å². The maximum absolute atomic E-state index is 5.65. The van der Waals surface area contributed by atoms with E-state index < -0.39 is 0 Å². The maximum atomic E-state index is 5.65. The van der Waals surface area contributed by atoms with Gasteiger partial charge in [0, 0.05) is 13.7 Å². The Kier molecular flexibility index (Phi) is 2.60. The molecule has 5 heteroatoms. The lowest BCUT2D eigenvalue weighted by molar-refractivity contribution is 0.118. The third-order valence-corrected chi connectivity index (χ3v) is 3.56. The van der Waals surface area contributed by atoms with Crippen LogP contribution in [0.15, 0.2) is 6.20 Å². The summed E-state index contributed by atoms with van der Waals surface area (Å²) in [7, 11) is 2.05. The Morgan fingerprint density at radius 3 is 3.00 bits per heavy atom. The molecule has 1 fully saturated rings. The molecule has 0 bridgehead atoms. The number of hydrogen-bond donors (Lipinski definition) is 1. The zero-order valence-corrected chi connectivity index (χ0v) is 9.25. The van der Waals surface area contributed by atoms with Crippen molar-refractivity contribution in [3.05, 3.63) is 6.20 Å². The van der Waals surface area contributed by atoms with E-state index in [1.54, 1.807) is 6.20 Å². The predicted octanol–water partition coefficient (Wildman–Crippen LogP) is 1.34. The van der Waals surface area contributed by atoms with Crippen molar-refractivity contribution in [2.75, 3.05) is 24.3 Å². The Morgan fingerprint density at radius 1 is 1.71 bits per heavy atom. The molecule has 2 unspecified atom stereocenters. The minimum absolute atomic E-state index is 0.283. The van der Waals surface area contributed by atoms with Gasteiger partial charge in [-0.15, -0.1) is 0 Å². The summed E-state index contributed by atoms with van der Waals surface area (Å²) < 4.78 is 5.52. The number of nitrogens with zero attached hydrogens (tertiary/aromatic N) is 2. The minimum atomic E-state index is 0.283. The SMILES string of the molecule is CC1OCCC1N(C)c1ncc(N)s1. The first-order chi connectivity index (χ1) is 6.68. The van der Waals surface area contributed by atoms with Crippen LogP contribution in [0.5, 0.6) is 0 Å². The summed E-state index contributed by atoms with van der Waals surface area (Å²) in [5, 5.41) is 1.74. The molecule has 1 aromatic heterocycles. The summed E-state index contributed by atoms with van der Waals surface area (Å²) >= 11 is 1.52. The number of anilines is 2. The molecule has 14 heavy (non-hydrogen) atoms. The van der Waals surface area contributed by atoms with Gasteiger partial charge in [0.25, 0.3) is 0 Å². The third-order valence-electron chi connectivity index (χ3n) is 2.65. The van der Waals surface area contributed by atoms with Crippen LogP contribution < -0.4 is 10.6 Å². The highest BCUT2D eigenvalue weighted by Gasteiger charge is 2.29. The molecule has 1 aromatic rings. The van der Waals surface area contributed by atoms with E-state index in [0.29, 0.717) is 6.04 Å².